The molecule has 3 rings (SSSR count). The van der Waals surface area contributed by atoms with Crippen LogP contribution in [-0.2, 0) is 13.2 Å². The van der Waals surface area contributed by atoms with Crippen LogP contribution in [0.15, 0.2) is 48.8 Å². The average molecular weight is 377 g/mol. The van der Waals surface area contributed by atoms with Crippen LogP contribution in [0, 0.1) is 4.77 Å². The molecule has 130 valence electrons. The van der Waals surface area contributed by atoms with Crippen molar-refractivity contribution in [1.82, 2.24) is 14.9 Å². The van der Waals surface area contributed by atoms with Gasteiger partial charge in [-0.25, -0.2) is 4.68 Å². The Kier molecular flexibility index (Phi) is 5.57. The minimum Gasteiger partial charge on any atom is -0.493 e. The molecule has 0 atom stereocenters. The first-order chi connectivity index (χ1) is 12.2. The van der Waals surface area contributed by atoms with E-state index in [1.165, 1.54) is 0 Å². The van der Waals surface area contributed by atoms with Crippen LogP contribution < -0.4 is 14.9 Å². The van der Waals surface area contributed by atoms with Crippen molar-refractivity contribution in [3.63, 3.8) is 0 Å². The van der Waals surface area contributed by atoms with Gasteiger partial charge >= 0.3 is 0 Å². The van der Waals surface area contributed by atoms with Crippen molar-refractivity contribution >= 4 is 23.8 Å². The van der Waals surface area contributed by atoms with Crippen molar-refractivity contribution < 1.29 is 9.47 Å². The molecule has 3 aromatic rings. The number of H-pyrrole nitrogens is 1. The van der Waals surface area contributed by atoms with Crippen molar-refractivity contribution in [3.05, 3.63) is 69.7 Å². The molecule has 0 fully saturated rings. The lowest BCUT2D eigenvalue weighted by atomic mass is 10.2. The first-order valence-electron chi connectivity index (χ1n) is 7.56. The highest BCUT2D eigenvalue weighted by Crippen LogP contribution is 2.29. The van der Waals surface area contributed by atoms with E-state index in [0.717, 1.165) is 11.1 Å². The molecule has 2 aromatic carbocycles. The fourth-order valence-electron chi connectivity index (χ4n) is 2.27. The molecular weight excluding hydrogens is 360 g/mol. The van der Waals surface area contributed by atoms with Gasteiger partial charge in [-0.05, 0) is 47.6 Å². The summed E-state index contributed by atoms with van der Waals surface area (Å²) in [5, 5.41) is 7.23. The summed E-state index contributed by atoms with van der Waals surface area (Å²) >= 11 is 11.1. The molecule has 25 heavy (non-hydrogen) atoms. The summed E-state index contributed by atoms with van der Waals surface area (Å²) in [5.74, 6) is 1.34. The summed E-state index contributed by atoms with van der Waals surface area (Å²) in [6.07, 6.45) is 1.59. The molecule has 0 radical (unpaired) electrons. The van der Waals surface area contributed by atoms with Crippen LogP contribution in [0.25, 0.3) is 0 Å². The van der Waals surface area contributed by atoms with Gasteiger partial charge in [0.15, 0.2) is 11.5 Å². The van der Waals surface area contributed by atoms with Gasteiger partial charge in [-0.3, -0.25) is 5.10 Å². The second-order valence-electron chi connectivity index (χ2n) is 5.27. The third-order valence-corrected chi connectivity index (χ3v) is 4.04. The molecule has 0 spiro atoms. The first-order valence-corrected chi connectivity index (χ1v) is 8.34. The Balaban J connectivity index is 1.66. The maximum atomic E-state index is 5.99. The number of nitrogens with one attached hydrogen (secondary N) is 2. The lowest BCUT2D eigenvalue weighted by molar-refractivity contribution is 0.284. The number of hydrogen-bond donors (Lipinski definition) is 2. The van der Waals surface area contributed by atoms with Crippen molar-refractivity contribution in [3.8, 4) is 11.5 Å². The minimum absolute atomic E-state index is 0.415. The molecule has 8 heteroatoms. The van der Waals surface area contributed by atoms with E-state index in [-0.39, 0.29) is 0 Å². The molecule has 0 saturated carbocycles. The molecule has 0 unspecified atom stereocenters. The third-order valence-electron chi connectivity index (χ3n) is 3.52. The third kappa shape index (κ3) is 4.52. The molecule has 0 aliphatic rings. The monoisotopic (exact) mass is 376 g/mol. The van der Waals surface area contributed by atoms with Crippen LogP contribution in [-0.4, -0.2) is 22.0 Å². The maximum absolute atomic E-state index is 5.99. The van der Waals surface area contributed by atoms with Crippen molar-refractivity contribution in [2.45, 2.75) is 13.2 Å². The lowest BCUT2D eigenvalue weighted by Crippen LogP contribution is -2.13. The van der Waals surface area contributed by atoms with Crippen molar-refractivity contribution in [2.24, 2.45) is 0 Å². The molecule has 0 saturated heterocycles. The number of methoxy groups -OCH3 is 1. The Morgan fingerprint density at radius 2 is 2.08 bits per heavy atom. The van der Waals surface area contributed by atoms with Crippen LogP contribution in [0.1, 0.15) is 11.1 Å². The van der Waals surface area contributed by atoms with E-state index in [9.17, 15) is 0 Å². The van der Waals surface area contributed by atoms with E-state index in [1.807, 2.05) is 42.5 Å². The standard InChI is InChI=1S/C17H17ClN4O2S/c1-23-16-8-12(9-20-22-11-19-21-17(22)25)5-6-15(16)24-10-13-3-2-4-14(18)7-13/h2-8,11,20H,9-10H2,1H3,(H,21,25). The smallest absolute Gasteiger partial charge is 0.214 e. The predicted molar refractivity (Wildman–Crippen MR) is 99.3 cm³/mol. The molecule has 6 nitrogen and oxygen atoms in total. The minimum atomic E-state index is 0.415. The van der Waals surface area contributed by atoms with Crippen molar-refractivity contribution in [1.29, 1.82) is 0 Å². The van der Waals surface area contributed by atoms with Gasteiger partial charge in [-0.1, -0.05) is 29.8 Å². The molecule has 0 amide bonds. The Labute approximate surface area is 155 Å². The van der Waals surface area contributed by atoms with E-state index < -0.39 is 0 Å². The van der Waals surface area contributed by atoms with Crippen LogP contribution in [0.5, 0.6) is 11.5 Å². The zero-order chi connectivity index (χ0) is 17.6. The number of hydrogen-bond acceptors (Lipinski definition) is 5. The zero-order valence-corrected chi connectivity index (χ0v) is 15.1. The van der Waals surface area contributed by atoms with Crippen LogP contribution in [0.2, 0.25) is 5.02 Å². The SMILES string of the molecule is COc1cc(CNn2cn[nH]c2=S)ccc1OCc1cccc(Cl)c1. The number of aromatic amines is 1. The van der Waals surface area contributed by atoms with Gasteiger partial charge < -0.3 is 14.9 Å². The second kappa shape index (κ2) is 8.04. The molecule has 1 aromatic heterocycles. The highest BCUT2D eigenvalue weighted by Gasteiger charge is 2.07. The zero-order valence-electron chi connectivity index (χ0n) is 13.5. The van der Waals surface area contributed by atoms with E-state index in [0.29, 0.717) is 34.4 Å². The van der Waals surface area contributed by atoms with Crippen LogP contribution in [0.4, 0.5) is 0 Å². The van der Waals surface area contributed by atoms with E-state index in [4.69, 9.17) is 33.3 Å². The van der Waals surface area contributed by atoms with Gasteiger partial charge in [0.25, 0.3) is 0 Å². The van der Waals surface area contributed by atoms with Crippen molar-refractivity contribution in [2.75, 3.05) is 12.5 Å². The number of rotatable bonds is 7. The summed E-state index contributed by atoms with van der Waals surface area (Å²) in [4.78, 5) is 0. The quantitative estimate of drug-likeness (QED) is 0.612. The molecule has 0 bridgehead atoms. The number of ether oxygens (including phenoxy) is 2. The largest absolute Gasteiger partial charge is 0.493 e. The van der Waals surface area contributed by atoms with Gasteiger partial charge in [0.1, 0.15) is 12.9 Å². The van der Waals surface area contributed by atoms with Crippen LogP contribution >= 0.6 is 23.8 Å². The van der Waals surface area contributed by atoms with Gasteiger partial charge in [-0.2, -0.15) is 5.10 Å². The molecule has 2 N–H and O–H groups in total. The average Bonchev–Trinajstić information content (AvgIpc) is 3.03. The fraction of sp³-hybridized carbons (Fsp3) is 0.176. The maximum Gasteiger partial charge on any atom is 0.214 e. The Hall–Kier alpha value is -2.51. The van der Waals surface area contributed by atoms with Gasteiger partial charge in [0.05, 0.1) is 13.7 Å². The first kappa shape index (κ1) is 17.3. The Bertz CT molecular complexity index is 909. The summed E-state index contributed by atoms with van der Waals surface area (Å²) in [6.45, 7) is 0.984. The summed E-state index contributed by atoms with van der Waals surface area (Å²) in [7, 11) is 1.62. The summed E-state index contributed by atoms with van der Waals surface area (Å²) < 4.78 is 13.4. The number of benzene rings is 2. The Morgan fingerprint density at radius 1 is 1.20 bits per heavy atom. The Morgan fingerprint density at radius 3 is 2.80 bits per heavy atom. The molecule has 0 aliphatic heterocycles. The van der Waals surface area contributed by atoms with E-state index >= 15 is 0 Å². The molecule has 0 aliphatic carbocycles. The highest BCUT2D eigenvalue weighted by atomic mass is 35.5. The van der Waals surface area contributed by atoms with Gasteiger partial charge in [0.2, 0.25) is 4.77 Å². The second-order valence-corrected chi connectivity index (χ2v) is 6.09. The number of halogens is 1. The normalized spacial score (nSPS) is 10.5. The molecular formula is C17H17ClN4O2S. The summed E-state index contributed by atoms with van der Waals surface area (Å²) in [6, 6.07) is 13.3. The number of nitrogens with zero attached hydrogens (tertiary/aromatic N) is 2. The highest BCUT2D eigenvalue weighted by molar-refractivity contribution is 7.71. The molecule has 1 heterocycles. The predicted octanol–water partition coefficient (Wildman–Crippen LogP) is 3.93. The van der Waals surface area contributed by atoms with Crippen LogP contribution in [0.3, 0.4) is 0 Å². The lowest BCUT2D eigenvalue weighted by Gasteiger charge is -2.13. The fourth-order valence-corrected chi connectivity index (χ4v) is 2.64. The summed E-state index contributed by atoms with van der Waals surface area (Å²) in [5.41, 5.74) is 5.17. The van der Waals surface area contributed by atoms with E-state index in [2.05, 4.69) is 15.6 Å². The number of aromatic nitrogens is 3. The van der Waals surface area contributed by atoms with Gasteiger partial charge in [0, 0.05) is 5.02 Å². The van der Waals surface area contributed by atoms with Gasteiger partial charge in [-0.15, -0.1) is 0 Å². The van der Waals surface area contributed by atoms with E-state index in [1.54, 1.807) is 18.1 Å². The topological polar surface area (TPSA) is 64.1 Å².